The fraction of sp³-hybridized carbons (Fsp3) is 0.600. The lowest BCUT2D eigenvalue weighted by molar-refractivity contribution is -0.158. The predicted octanol–water partition coefficient (Wildman–Crippen LogP) is -2.02. The van der Waals surface area contributed by atoms with E-state index in [1.807, 2.05) is 0 Å². The minimum Gasteiger partial charge on any atom is -0.478 e. The first-order valence-electron chi connectivity index (χ1n) is 2.89. The van der Waals surface area contributed by atoms with Gasteiger partial charge >= 0.3 is 5.97 Å². The zero-order valence-corrected chi connectivity index (χ0v) is 5.78. The maximum atomic E-state index is 10.1. The van der Waals surface area contributed by atoms with Crippen molar-refractivity contribution in [3.05, 3.63) is 0 Å². The number of hydrogen-bond donors (Lipinski definition) is 4. The number of carboxylic acid groups (broad SMARTS) is 1. The Labute approximate surface area is 62.8 Å². The van der Waals surface area contributed by atoms with Crippen LogP contribution in [0.5, 0.6) is 0 Å². The van der Waals surface area contributed by atoms with Gasteiger partial charge in [-0.2, -0.15) is 0 Å². The molecule has 0 rings (SSSR count). The van der Waals surface area contributed by atoms with Crippen LogP contribution in [0.3, 0.4) is 0 Å². The molecular weight excluding hydrogens is 152 g/mol. The Bertz CT molecular complexity index is 177. The van der Waals surface area contributed by atoms with E-state index in [1.165, 1.54) is 0 Å². The highest BCUT2D eigenvalue weighted by atomic mass is 16.4. The molecule has 11 heavy (non-hydrogen) atoms. The smallest absolute Gasteiger partial charge is 0.351 e. The highest BCUT2D eigenvalue weighted by Gasteiger charge is 2.30. The molecule has 0 saturated carbocycles. The van der Waals surface area contributed by atoms with Crippen molar-refractivity contribution in [3.8, 4) is 0 Å². The van der Waals surface area contributed by atoms with Gasteiger partial charge in [0.25, 0.3) is 0 Å². The molecule has 0 aromatic rings. The van der Waals surface area contributed by atoms with Gasteiger partial charge in [0.1, 0.15) is 0 Å². The van der Waals surface area contributed by atoms with E-state index in [0.717, 1.165) is 0 Å². The van der Waals surface area contributed by atoms with Gasteiger partial charge in [-0.05, 0) is 0 Å². The summed E-state index contributed by atoms with van der Waals surface area (Å²) in [5.41, 5.74) is 7.21. The number of amides is 1. The quantitative estimate of drug-likeness (QED) is 0.355. The predicted molar refractivity (Wildman–Crippen MR) is 35.2 cm³/mol. The number of rotatable bonds is 4. The number of primary amides is 1. The van der Waals surface area contributed by atoms with Crippen LogP contribution in [-0.2, 0) is 9.59 Å². The molecule has 6 nitrogen and oxygen atoms in total. The van der Waals surface area contributed by atoms with Crippen molar-refractivity contribution < 1.29 is 19.8 Å². The molecule has 6 N–H and O–H groups in total. The monoisotopic (exact) mass is 162 g/mol. The molecule has 0 radical (unpaired) electrons. The van der Waals surface area contributed by atoms with Gasteiger partial charge in [-0.15, -0.1) is 0 Å². The first-order valence-corrected chi connectivity index (χ1v) is 2.89. The Balaban J connectivity index is 3.92. The normalized spacial score (nSPS) is 15.5. The summed E-state index contributed by atoms with van der Waals surface area (Å²) in [7, 11) is 0. The third-order valence-electron chi connectivity index (χ3n) is 1.12. The SMILES string of the molecule is NC(=O)CCC(N)(O)C(=O)O. The lowest BCUT2D eigenvalue weighted by Crippen LogP contribution is -2.48. The Kier molecular flexibility index (Phi) is 2.97. The summed E-state index contributed by atoms with van der Waals surface area (Å²) in [6, 6.07) is 0. The Morgan fingerprint density at radius 3 is 2.18 bits per heavy atom. The van der Waals surface area contributed by atoms with Gasteiger partial charge in [0.2, 0.25) is 11.6 Å². The molecule has 64 valence electrons. The third-order valence-corrected chi connectivity index (χ3v) is 1.12. The van der Waals surface area contributed by atoms with Gasteiger partial charge in [0, 0.05) is 12.8 Å². The van der Waals surface area contributed by atoms with E-state index >= 15 is 0 Å². The molecule has 0 aromatic heterocycles. The number of aliphatic carboxylic acids is 1. The fourth-order valence-corrected chi connectivity index (χ4v) is 0.421. The zero-order valence-electron chi connectivity index (χ0n) is 5.78. The largest absolute Gasteiger partial charge is 0.478 e. The topological polar surface area (TPSA) is 127 Å². The van der Waals surface area contributed by atoms with Crippen LogP contribution in [0, 0.1) is 0 Å². The van der Waals surface area contributed by atoms with E-state index in [-0.39, 0.29) is 12.8 Å². The molecule has 0 aliphatic rings. The van der Waals surface area contributed by atoms with Crippen LogP contribution in [0.1, 0.15) is 12.8 Å². The average molecular weight is 162 g/mol. The second kappa shape index (κ2) is 3.31. The summed E-state index contributed by atoms with van der Waals surface area (Å²) < 4.78 is 0. The molecule has 0 fully saturated rings. The molecular formula is C5H10N2O4. The van der Waals surface area contributed by atoms with Gasteiger partial charge in [-0.3, -0.25) is 10.5 Å². The molecule has 1 amide bonds. The van der Waals surface area contributed by atoms with Gasteiger partial charge in [-0.25, -0.2) is 4.79 Å². The molecule has 1 unspecified atom stereocenters. The van der Waals surface area contributed by atoms with E-state index in [4.69, 9.17) is 21.7 Å². The van der Waals surface area contributed by atoms with E-state index in [9.17, 15) is 9.59 Å². The van der Waals surface area contributed by atoms with Crippen molar-refractivity contribution in [2.45, 2.75) is 18.6 Å². The van der Waals surface area contributed by atoms with E-state index < -0.39 is 17.6 Å². The molecule has 6 heteroatoms. The molecule has 0 aliphatic heterocycles. The van der Waals surface area contributed by atoms with Crippen LogP contribution < -0.4 is 11.5 Å². The summed E-state index contributed by atoms with van der Waals surface area (Å²) in [4.78, 5) is 20.2. The number of carbonyl (C=O) groups is 2. The van der Waals surface area contributed by atoms with Crippen LogP contribution in [0.4, 0.5) is 0 Å². The van der Waals surface area contributed by atoms with E-state index in [1.54, 1.807) is 0 Å². The first kappa shape index (κ1) is 9.86. The Hall–Kier alpha value is -1.14. The molecule has 0 aliphatic carbocycles. The molecule has 0 aromatic carbocycles. The third kappa shape index (κ3) is 3.54. The summed E-state index contributed by atoms with van der Waals surface area (Å²) in [5, 5.41) is 17.0. The number of carboxylic acids is 1. The van der Waals surface area contributed by atoms with Crippen LogP contribution in [0.2, 0.25) is 0 Å². The second-order valence-electron chi connectivity index (χ2n) is 2.20. The van der Waals surface area contributed by atoms with Crippen LogP contribution >= 0.6 is 0 Å². The van der Waals surface area contributed by atoms with E-state index in [2.05, 4.69) is 0 Å². The van der Waals surface area contributed by atoms with Crippen molar-refractivity contribution in [1.82, 2.24) is 0 Å². The van der Waals surface area contributed by atoms with Gasteiger partial charge in [0.15, 0.2) is 0 Å². The average Bonchev–Trinajstić information content (AvgIpc) is 1.84. The van der Waals surface area contributed by atoms with Crippen molar-refractivity contribution in [1.29, 1.82) is 0 Å². The fourth-order valence-electron chi connectivity index (χ4n) is 0.421. The number of hydrogen-bond acceptors (Lipinski definition) is 4. The van der Waals surface area contributed by atoms with Gasteiger partial charge in [0.05, 0.1) is 0 Å². The van der Waals surface area contributed by atoms with Crippen molar-refractivity contribution in [2.75, 3.05) is 0 Å². The summed E-state index contributed by atoms with van der Waals surface area (Å²) in [6.45, 7) is 0. The molecule has 1 atom stereocenters. The maximum absolute atomic E-state index is 10.1. The number of nitrogens with two attached hydrogens (primary N) is 2. The molecule has 0 heterocycles. The highest BCUT2D eigenvalue weighted by molar-refractivity contribution is 5.78. The first-order chi connectivity index (χ1) is 4.86. The number of carbonyl (C=O) groups excluding carboxylic acids is 1. The Morgan fingerprint density at radius 1 is 1.45 bits per heavy atom. The molecule has 0 bridgehead atoms. The van der Waals surface area contributed by atoms with Crippen LogP contribution in [0.25, 0.3) is 0 Å². The summed E-state index contributed by atoms with van der Waals surface area (Å²) >= 11 is 0. The standard InChI is InChI=1S/C5H10N2O4/c6-3(8)1-2-5(7,11)4(9)10/h11H,1-2,7H2,(H2,6,8)(H,9,10). The highest BCUT2D eigenvalue weighted by Crippen LogP contribution is 2.04. The molecule has 0 saturated heterocycles. The summed E-state index contributed by atoms with van der Waals surface area (Å²) in [6.07, 6.45) is -0.628. The maximum Gasteiger partial charge on any atom is 0.351 e. The van der Waals surface area contributed by atoms with Crippen LogP contribution in [0.15, 0.2) is 0 Å². The van der Waals surface area contributed by atoms with Gasteiger partial charge < -0.3 is 15.9 Å². The number of aliphatic hydroxyl groups is 1. The zero-order chi connectivity index (χ0) is 9.07. The lowest BCUT2D eigenvalue weighted by atomic mass is 10.1. The van der Waals surface area contributed by atoms with Crippen molar-refractivity contribution in [2.24, 2.45) is 11.5 Å². The molecule has 0 spiro atoms. The summed E-state index contributed by atoms with van der Waals surface area (Å²) in [5.74, 6) is -2.27. The lowest BCUT2D eigenvalue weighted by Gasteiger charge is -2.15. The van der Waals surface area contributed by atoms with E-state index in [0.29, 0.717) is 0 Å². The minimum absolute atomic E-state index is 0.251. The van der Waals surface area contributed by atoms with Crippen LogP contribution in [-0.4, -0.2) is 27.8 Å². The Morgan fingerprint density at radius 2 is 1.91 bits per heavy atom. The minimum atomic E-state index is -2.35. The van der Waals surface area contributed by atoms with Crippen molar-refractivity contribution in [3.63, 3.8) is 0 Å². The van der Waals surface area contributed by atoms with Gasteiger partial charge in [-0.1, -0.05) is 0 Å². The van der Waals surface area contributed by atoms with Crippen molar-refractivity contribution >= 4 is 11.9 Å². The second-order valence-corrected chi connectivity index (χ2v) is 2.20.